The van der Waals surface area contributed by atoms with E-state index in [1.165, 1.54) is 4.90 Å². The van der Waals surface area contributed by atoms with Crippen LogP contribution in [0.5, 0.6) is 0 Å². The van der Waals surface area contributed by atoms with Gasteiger partial charge in [-0.15, -0.1) is 0 Å². The van der Waals surface area contributed by atoms with Crippen molar-refractivity contribution in [2.45, 2.75) is 57.2 Å². The van der Waals surface area contributed by atoms with E-state index >= 15 is 0 Å². The Bertz CT molecular complexity index is 934. The van der Waals surface area contributed by atoms with Crippen LogP contribution < -0.4 is 5.32 Å². The topological polar surface area (TPSA) is 95.9 Å². The van der Waals surface area contributed by atoms with Crippen molar-refractivity contribution in [1.82, 2.24) is 10.2 Å². The number of aliphatic carboxylic acids is 1. The SMILES string of the molecule is CCOC(=O)[C@H](CCc1ccccc1)N[C@@H](C)C(=O)N1CC(c2ccccc2)C[C@H]1C(=O)O. The van der Waals surface area contributed by atoms with Gasteiger partial charge in [0.25, 0.3) is 0 Å². The fourth-order valence-corrected chi connectivity index (χ4v) is 4.37. The van der Waals surface area contributed by atoms with Gasteiger partial charge in [-0.1, -0.05) is 60.7 Å². The lowest BCUT2D eigenvalue weighted by molar-refractivity contribution is -0.150. The molecule has 3 rings (SSSR count). The summed E-state index contributed by atoms with van der Waals surface area (Å²) in [5, 5.41) is 12.8. The van der Waals surface area contributed by atoms with Crippen LogP contribution in [-0.4, -0.2) is 59.1 Å². The molecule has 33 heavy (non-hydrogen) atoms. The lowest BCUT2D eigenvalue weighted by atomic mass is 9.96. The molecule has 1 unspecified atom stereocenters. The monoisotopic (exact) mass is 452 g/mol. The third-order valence-corrected chi connectivity index (χ3v) is 6.10. The van der Waals surface area contributed by atoms with Crippen LogP contribution >= 0.6 is 0 Å². The van der Waals surface area contributed by atoms with Crippen LogP contribution in [0.1, 0.15) is 43.7 Å². The van der Waals surface area contributed by atoms with Gasteiger partial charge < -0.3 is 14.7 Å². The van der Waals surface area contributed by atoms with E-state index in [1.807, 2.05) is 60.7 Å². The van der Waals surface area contributed by atoms with Crippen molar-refractivity contribution in [2.75, 3.05) is 13.2 Å². The summed E-state index contributed by atoms with van der Waals surface area (Å²) in [5.41, 5.74) is 2.11. The van der Waals surface area contributed by atoms with Crippen LogP contribution in [0.15, 0.2) is 60.7 Å². The van der Waals surface area contributed by atoms with E-state index in [1.54, 1.807) is 13.8 Å². The average Bonchev–Trinajstić information content (AvgIpc) is 3.28. The number of benzene rings is 2. The number of esters is 1. The molecule has 1 amide bonds. The standard InChI is InChI=1S/C26H32N2O5/c1-3-33-26(32)22(15-14-19-10-6-4-7-11-19)27-18(2)24(29)28-17-21(16-23(28)25(30)31)20-12-8-5-9-13-20/h4-13,18,21-23,27H,3,14-17H2,1-2H3,(H,30,31)/t18-,21?,22-,23-/m0/s1. The van der Waals surface area contributed by atoms with Crippen LogP contribution in [0.4, 0.5) is 0 Å². The fraction of sp³-hybridized carbons (Fsp3) is 0.423. The first kappa shape index (κ1) is 24.5. The summed E-state index contributed by atoms with van der Waals surface area (Å²) in [6, 6.07) is 17.2. The second kappa shape index (κ2) is 11.6. The maximum atomic E-state index is 13.3. The number of nitrogens with one attached hydrogen (secondary N) is 1. The molecule has 2 N–H and O–H groups in total. The first-order valence-electron chi connectivity index (χ1n) is 11.5. The predicted molar refractivity (Wildman–Crippen MR) is 125 cm³/mol. The third-order valence-electron chi connectivity index (χ3n) is 6.10. The highest BCUT2D eigenvalue weighted by atomic mass is 16.5. The van der Waals surface area contributed by atoms with Crippen molar-refractivity contribution < 1.29 is 24.2 Å². The molecular formula is C26H32N2O5. The number of aryl methyl sites for hydroxylation is 1. The van der Waals surface area contributed by atoms with E-state index in [-0.39, 0.29) is 18.4 Å². The summed E-state index contributed by atoms with van der Waals surface area (Å²) < 4.78 is 5.21. The van der Waals surface area contributed by atoms with Gasteiger partial charge in [0.1, 0.15) is 12.1 Å². The quantitative estimate of drug-likeness (QED) is 0.538. The van der Waals surface area contributed by atoms with E-state index in [4.69, 9.17) is 4.74 Å². The highest BCUT2D eigenvalue weighted by molar-refractivity contribution is 5.88. The number of carbonyl (C=O) groups is 3. The van der Waals surface area contributed by atoms with Crippen LogP contribution in [0.25, 0.3) is 0 Å². The second-order valence-electron chi connectivity index (χ2n) is 8.41. The Hall–Kier alpha value is -3.19. The average molecular weight is 453 g/mol. The van der Waals surface area contributed by atoms with Crippen molar-refractivity contribution in [3.8, 4) is 0 Å². The lowest BCUT2D eigenvalue weighted by Crippen LogP contribution is -2.53. The number of nitrogens with zero attached hydrogens (tertiary/aromatic N) is 1. The second-order valence-corrected chi connectivity index (χ2v) is 8.41. The molecule has 0 aromatic heterocycles. The molecule has 7 nitrogen and oxygen atoms in total. The summed E-state index contributed by atoms with van der Waals surface area (Å²) in [6.07, 6.45) is 1.48. The van der Waals surface area contributed by atoms with E-state index in [0.717, 1.165) is 11.1 Å². The highest BCUT2D eigenvalue weighted by Crippen LogP contribution is 2.32. The maximum absolute atomic E-state index is 13.3. The van der Waals surface area contributed by atoms with Crippen molar-refractivity contribution in [1.29, 1.82) is 0 Å². The Morgan fingerprint density at radius 1 is 1.09 bits per heavy atom. The molecule has 1 aliphatic rings. The van der Waals surface area contributed by atoms with Gasteiger partial charge in [0.15, 0.2) is 0 Å². The Kier molecular flexibility index (Phi) is 8.60. The summed E-state index contributed by atoms with van der Waals surface area (Å²) in [4.78, 5) is 39.2. The minimum absolute atomic E-state index is 0.0395. The molecule has 176 valence electrons. The molecule has 7 heteroatoms. The van der Waals surface area contributed by atoms with E-state index in [2.05, 4.69) is 5.32 Å². The maximum Gasteiger partial charge on any atom is 0.326 e. The fourth-order valence-electron chi connectivity index (χ4n) is 4.37. The Labute approximate surface area is 194 Å². The van der Waals surface area contributed by atoms with Gasteiger partial charge in [0.05, 0.1) is 12.6 Å². The number of hydrogen-bond acceptors (Lipinski definition) is 5. The molecule has 0 saturated carbocycles. The van der Waals surface area contributed by atoms with Crippen LogP contribution in [0.2, 0.25) is 0 Å². The summed E-state index contributed by atoms with van der Waals surface area (Å²) in [7, 11) is 0. The van der Waals surface area contributed by atoms with Gasteiger partial charge in [-0.3, -0.25) is 14.9 Å². The molecule has 0 radical (unpaired) electrons. The van der Waals surface area contributed by atoms with E-state index in [0.29, 0.717) is 25.8 Å². The summed E-state index contributed by atoms with van der Waals surface area (Å²) in [6.45, 7) is 3.99. The van der Waals surface area contributed by atoms with Gasteiger partial charge in [-0.2, -0.15) is 0 Å². The van der Waals surface area contributed by atoms with Gasteiger partial charge >= 0.3 is 11.9 Å². The smallest absolute Gasteiger partial charge is 0.326 e. The van der Waals surface area contributed by atoms with Gasteiger partial charge in [-0.25, -0.2) is 4.79 Å². The molecule has 0 spiro atoms. The highest BCUT2D eigenvalue weighted by Gasteiger charge is 2.41. The Morgan fingerprint density at radius 2 is 1.73 bits per heavy atom. The van der Waals surface area contributed by atoms with Gasteiger partial charge in [-0.05, 0) is 44.2 Å². The third kappa shape index (κ3) is 6.42. The largest absolute Gasteiger partial charge is 0.480 e. The van der Waals surface area contributed by atoms with Crippen molar-refractivity contribution >= 4 is 17.8 Å². The molecule has 1 heterocycles. The first-order chi connectivity index (χ1) is 15.9. The zero-order valence-electron chi connectivity index (χ0n) is 19.1. The Morgan fingerprint density at radius 3 is 2.33 bits per heavy atom. The number of carbonyl (C=O) groups excluding carboxylic acids is 2. The minimum atomic E-state index is -1.01. The van der Waals surface area contributed by atoms with Crippen LogP contribution in [0.3, 0.4) is 0 Å². The van der Waals surface area contributed by atoms with Crippen molar-refractivity contribution in [3.05, 3.63) is 71.8 Å². The van der Waals surface area contributed by atoms with Crippen molar-refractivity contribution in [3.63, 3.8) is 0 Å². The van der Waals surface area contributed by atoms with Crippen LogP contribution in [-0.2, 0) is 25.5 Å². The number of amides is 1. The first-order valence-corrected chi connectivity index (χ1v) is 11.5. The number of carboxylic acid groups (broad SMARTS) is 1. The molecular weight excluding hydrogens is 420 g/mol. The zero-order valence-corrected chi connectivity index (χ0v) is 19.1. The summed E-state index contributed by atoms with van der Waals surface area (Å²) in [5.74, 6) is -1.79. The van der Waals surface area contributed by atoms with Gasteiger partial charge in [0.2, 0.25) is 5.91 Å². The number of ether oxygens (including phenoxy) is 1. The summed E-state index contributed by atoms with van der Waals surface area (Å²) >= 11 is 0. The van der Waals surface area contributed by atoms with Gasteiger partial charge in [0, 0.05) is 12.5 Å². The van der Waals surface area contributed by atoms with Crippen molar-refractivity contribution in [2.24, 2.45) is 0 Å². The van der Waals surface area contributed by atoms with E-state index in [9.17, 15) is 19.5 Å². The molecule has 0 aliphatic carbocycles. The number of rotatable bonds is 10. The molecule has 2 aromatic carbocycles. The number of hydrogen-bond donors (Lipinski definition) is 2. The van der Waals surface area contributed by atoms with Crippen LogP contribution in [0, 0.1) is 0 Å². The molecule has 1 aliphatic heterocycles. The molecule has 1 fully saturated rings. The number of carboxylic acids is 1. The molecule has 0 bridgehead atoms. The molecule has 1 saturated heterocycles. The van der Waals surface area contributed by atoms with E-state index < -0.39 is 30.1 Å². The zero-order chi connectivity index (χ0) is 23.8. The minimum Gasteiger partial charge on any atom is -0.480 e. The number of likely N-dealkylation sites (tertiary alicyclic amines) is 1. The molecule has 4 atom stereocenters. The molecule has 2 aromatic rings. The Balaban J connectivity index is 1.69. The predicted octanol–water partition coefficient (Wildman–Crippen LogP) is 3.00. The normalized spacial score (nSPS) is 19.6. The lowest BCUT2D eigenvalue weighted by Gasteiger charge is -2.28.